The molecule has 3 aromatic rings. The van der Waals surface area contributed by atoms with Gasteiger partial charge in [-0.05, 0) is 30.7 Å². The number of hydrogen-bond acceptors (Lipinski definition) is 5. The number of ether oxygens (including phenoxy) is 2. The highest BCUT2D eigenvalue weighted by Crippen LogP contribution is 2.18. The molecule has 0 bridgehead atoms. The minimum atomic E-state index is -0.557. The first kappa shape index (κ1) is 23.5. The quantitative estimate of drug-likeness (QED) is 0.490. The van der Waals surface area contributed by atoms with Gasteiger partial charge in [0.05, 0.1) is 24.8 Å². The van der Waals surface area contributed by atoms with Gasteiger partial charge < -0.3 is 20.1 Å². The van der Waals surface area contributed by atoms with Gasteiger partial charge in [0.2, 0.25) is 0 Å². The average molecular weight is 447 g/mol. The van der Waals surface area contributed by atoms with Gasteiger partial charge in [0, 0.05) is 12.1 Å². The molecule has 0 aliphatic carbocycles. The number of amides is 2. The van der Waals surface area contributed by atoms with Crippen molar-refractivity contribution in [1.29, 1.82) is 0 Å². The van der Waals surface area contributed by atoms with Gasteiger partial charge in [-0.25, -0.2) is 0 Å². The fourth-order valence-corrected chi connectivity index (χ4v) is 3.16. The summed E-state index contributed by atoms with van der Waals surface area (Å²) in [6.07, 6.45) is -0.0186. The summed E-state index contributed by atoms with van der Waals surface area (Å²) in [4.78, 5) is 37.1. The van der Waals surface area contributed by atoms with Crippen molar-refractivity contribution in [3.8, 4) is 5.75 Å². The van der Waals surface area contributed by atoms with Gasteiger partial charge in [-0.1, -0.05) is 60.2 Å². The fraction of sp³-hybridized carbons (Fsp3) is 0.192. The maximum atomic E-state index is 12.7. The molecule has 7 heteroatoms. The van der Waals surface area contributed by atoms with Crippen LogP contribution in [-0.2, 0) is 27.3 Å². The lowest BCUT2D eigenvalue weighted by molar-refractivity contribution is -0.146. The highest BCUT2D eigenvalue weighted by molar-refractivity contribution is 6.04. The summed E-state index contributed by atoms with van der Waals surface area (Å²) in [6.45, 7) is 1.90. The predicted molar refractivity (Wildman–Crippen MR) is 125 cm³/mol. The molecule has 0 unspecified atom stereocenters. The smallest absolute Gasteiger partial charge is 0.310 e. The first-order valence-electron chi connectivity index (χ1n) is 10.5. The van der Waals surface area contributed by atoms with E-state index in [1.165, 1.54) is 7.11 Å². The van der Waals surface area contributed by atoms with Crippen molar-refractivity contribution in [3.63, 3.8) is 0 Å². The van der Waals surface area contributed by atoms with Crippen molar-refractivity contribution in [2.75, 3.05) is 19.0 Å². The number of esters is 1. The molecule has 33 heavy (non-hydrogen) atoms. The van der Waals surface area contributed by atoms with E-state index in [1.807, 2.05) is 31.2 Å². The van der Waals surface area contributed by atoms with E-state index in [0.29, 0.717) is 29.1 Å². The molecule has 0 fully saturated rings. The average Bonchev–Trinajstić information content (AvgIpc) is 2.83. The van der Waals surface area contributed by atoms with Gasteiger partial charge in [-0.2, -0.15) is 0 Å². The summed E-state index contributed by atoms with van der Waals surface area (Å²) in [5.41, 5.74) is 3.43. The van der Waals surface area contributed by atoms with E-state index in [9.17, 15) is 14.4 Å². The molecule has 0 aliphatic rings. The van der Waals surface area contributed by atoms with Crippen LogP contribution in [0.4, 0.5) is 5.69 Å². The standard InChI is InChI=1S/C26H26N2O5/c1-18-11-13-19(14-12-18)16-27-26(31)21-8-4-5-9-22(21)28-24(29)17-33-25(30)15-20-7-3-6-10-23(20)32-2/h3-14H,15-17H2,1-2H3,(H,27,31)(H,28,29). The van der Waals surface area contributed by atoms with Crippen LogP contribution in [0.5, 0.6) is 5.75 Å². The third-order valence-corrected chi connectivity index (χ3v) is 4.91. The van der Waals surface area contributed by atoms with Crippen LogP contribution in [0.25, 0.3) is 0 Å². The van der Waals surface area contributed by atoms with E-state index in [0.717, 1.165) is 11.1 Å². The van der Waals surface area contributed by atoms with Gasteiger partial charge in [0.25, 0.3) is 11.8 Å². The van der Waals surface area contributed by atoms with E-state index < -0.39 is 18.5 Å². The first-order valence-corrected chi connectivity index (χ1v) is 10.5. The van der Waals surface area contributed by atoms with Crippen molar-refractivity contribution in [3.05, 3.63) is 95.1 Å². The van der Waals surface area contributed by atoms with Crippen LogP contribution in [0, 0.1) is 6.92 Å². The molecule has 0 aliphatic heterocycles. The number of rotatable bonds is 9. The van der Waals surface area contributed by atoms with Crippen LogP contribution >= 0.6 is 0 Å². The van der Waals surface area contributed by atoms with Crippen molar-refractivity contribution < 1.29 is 23.9 Å². The zero-order valence-corrected chi connectivity index (χ0v) is 18.6. The van der Waals surface area contributed by atoms with Gasteiger partial charge in [-0.15, -0.1) is 0 Å². The molecule has 0 radical (unpaired) electrons. The molecule has 3 rings (SSSR count). The van der Waals surface area contributed by atoms with Gasteiger partial charge >= 0.3 is 5.97 Å². The Balaban J connectivity index is 1.54. The van der Waals surface area contributed by atoms with Gasteiger partial charge in [-0.3, -0.25) is 14.4 Å². The lowest BCUT2D eigenvalue weighted by Crippen LogP contribution is -2.26. The SMILES string of the molecule is COc1ccccc1CC(=O)OCC(=O)Nc1ccccc1C(=O)NCc1ccc(C)cc1. The van der Waals surface area contributed by atoms with E-state index in [2.05, 4.69) is 10.6 Å². The molecular formula is C26H26N2O5. The summed E-state index contributed by atoms with van der Waals surface area (Å²) in [6, 6.07) is 21.6. The molecule has 3 aromatic carbocycles. The van der Waals surface area contributed by atoms with Crippen molar-refractivity contribution >= 4 is 23.5 Å². The number of carbonyl (C=O) groups excluding carboxylic acids is 3. The molecule has 0 heterocycles. The van der Waals surface area contributed by atoms with Crippen molar-refractivity contribution in [1.82, 2.24) is 5.32 Å². The van der Waals surface area contributed by atoms with E-state index >= 15 is 0 Å². The fourth-order valence-electron chi connectivity index (χ4n) is 3.16. The minimum absolute atomic E-state index is 0.0186. The first-order chi connectivity index (χ1) is 16.0. The Morgan fingerprint density at radius 1 is 0.879 bits per heavy atom. The zero-order chi connectivity index (χ0) is 23.6. The molecule has 2 amide bonds. The zero-order valence-electron chi connectivity index (χ0n) is 18.6. The molecule has 0 atom stereocenters. The Hall–Kier alpha value is -4.13. The summed E-state index contributed by atoms with van der Waals surface area (Å²) in [7, 11) is 1.52. The van der Waals surface area contributed by atoms with Crippen molar-refractivity contribution in [2.45, 2.75) is 19.9 Å². The Morgan fingerprint density at radius 2 is 1.58 bits per heavy atom. The van der Waals surface area contributed by atoms with Gasteiger partial charge in [0.15, 0.2) is 6.61 Å². The molecule has 0 saturated carbocycles. The number of methoxy groups -OCH3 is 1. The highest BCUT2D eigenvalue weighted by atomic mass is 16.5. The second kappa shape index (κ2) is 11.5. The monoisotopic (exact) mass is 446 g/mol. The molecule has 170 valence electrons. The van der Waals surface area contributed by atoms with E-state index in [-0.39, 0.29) is 12.3 Å². The Morgan fingerprint density at radius 3 is 2.33 bits per heavy atom. The van der Waals surface area contributed by atoms with Crippen LogP contribution in [-0.4, -0.2) is 31.5 Å². The molecule has 0 saturated heterocycles. The maximum absolute atomic E-state index is 12.7. The van der Waals surface area contributed by atoms with Crippen LogP contribution in [0.2, 0.25) is 0 Å². The lowest BCUT2D eigenvalue weighted by Gasteiger charge is -2.12. The normalized spacial score (nSPS) is 10.2. The number of benzene rings is 3. The van der Waals surface area contributed by atoms with E-state index in [1.54, 1.807) is 48.5 Å². The van der Waals surface area contributed by atoms with Crippen LogP contribution in [0.1, 0.15) is 27.0 Å². The lowest BCUT2D eigenvalue weighted by atomic mass is 10.1. The second-order valence-electron chi connectivity index (χ2n) is 7.41. The number of nitrogens with one attached hydrogen (secondary N) is 2. The largest absolute Gasteiger partial charge is 0.496 e. The van der Waals surface area contributed by atoms with Crippen LogP contribution in [0.15, 0.2) is 72.8 Å². The number of para-hydroxylation sites is 2. The third-order valence-electron chi connectivity index (χ3n) is 4.91. The maximum Gasteiger partial charge on any atom is 0.310 e. The summed E-state index contributed by atoms with van der Waals surface area (Å²) >= 11 is 0. The second-order valence-corrected chi connectivity index (χ2v) is 7.41. The van der Waals surface area contributed by atoms with Crippen molar-refractivity contribution in [2.24, 2.45) is 0 Å². The number of hydrogen-bond donors (Lipinski definition) is 2. The predicted octanol–water partition coefficient (Wildman–Crippen LogP) is 3.66. The topological polar surface area (TPSA) is 93.7 Å². The molecule has 0 spiro atoms. The third kappa shape index (κ3) is 6.93. The summed E-state index contributed by atoms with van der Waals surface area (Å²) < 4.78 is 10.3. The molecule has 7 nitrogen and oxygen atoms in total. The van der Waals surface area contributed by atoms with Crippen LogP contribution in [0.3, 0.4) is 0 Å². The highest BCUT2D eigenvalue weighted by Gasteiger charge is 2.15. The Bertz CT molecular complexity index is 1130. The summed E-state index contributed by atoms with van der Waals surface area (Å²) in [5.74, 6) is -0.843. The summed E-state index contributed by atoms with van der Waals surface area (Å²) in [5, 5.41) is 5.49. The number of carbonyl (C=O) groups is 3. The Kier molecular flexibility index (Phi) is 8.18. The van der Waals surface area contributed by atoms with E-state index in [4.69, 9.17) is 9.47 Å². The molecular weight excluding hydrogens is 420 g/mol. The minimum Gasteiger partial charge on any atom is -0.496 e. The molecule has 2 N–H and O–H groups in total. The Labute approximate surface area is 192 Å². The van der Waals surface area contributed by atoms with Gasteiger partial charge in [0.1, 0.15) is 5.75 Å². The number of anilines is 1. The molecule has 0 aromatic heterocycles. The number of aryl methyl sites for hydroxylation is 1. The van der Waals surface area contributed by atoms with Crippen LogP contribution < -0.4 is 15.4 Å².